The maximum atomic E-state index is 11.2. The van der Waals surface area contributed by atoms with Crippen LogP contribution < -0.4 is 5.32 Å². The van der Waals surface area contributed by atoms with Crippen molar-refractivity contribution in [2.75, 3.05) is 12.4 Å². The first-order valence-corrected chi connectivity index (χ1v) is 9.20. The van der Waals surface area contributed by atoms with E-state index in [1.165, 1.54) is 7.05 Å². The highest BCUT2D eigenvalue weighted by molar-refractivity contribution is 6.30. The number of fused-ring (bicyclic) bond motifs is 1. The molecule has 0 aliphatic carbocycles. The quantitative estimate of drug-likeness (QED) is 0.607. The van der Waals surface area contributed by atoms with Crippen LogP contribution in [0.3, 0.4) is 0 Å². The first kappa shape index (κ1) is 20.3. The van der Waals surface area contributed by atoms with E-state index >= 15 is 0 Å². The van der Waals surface area contributed by atoms with E-state index in [2.05, 4.69) is 26.6 Å². The van der Waals surface area contributed by atoms with Gasteiger partial charge in [0.2, 0.25) is 0 Å². The standard InChI is InChI=1S/C20H19ClN6O2/c1-11-13(8-22)5-4-6-14(11)12(2)24-19-15-7-18(21)23-9-16(15)17(25-26-19)10-27(3)20(28)29/h4-7,9,12H,10H2,1-3H3,(H,24,26)(H,28,29). The van der Waals surface area contributed by atoms with Gasteiger partial charge >= 0.3 is 6.09 Å². The Hall–Kier alpha value is -3.44. The van der Waals surface area contributed by atoms with Crippen LogP contribution in [0.4, 0.5) is 10.6 Å². The van der Waals surface area contributed by atoms with Crippen molar-refractivity contribution in [3.63, 3.8) is 0 Å². The molecule has 1 aromatic carbocycles. The minimum absolute atomic E-state index is 0.0707. The highest BCUT2D eigenvalue weighted by atomic mass is 35.5. The molecule has 2 N–H and O–H groups in total. The van der Waals surface area contributed by atoms with E-state index in [4.69, 9.17) is 16.7 Å². The number of carbonyl (C=O) groups is 1. The average molecular weight is 411 g/mol. The first-order valence-electron chi connectivity index (χ1n) is 8.82. The van der Waals surface area contributed by atoms with Crippen molar-refractivity contribution in [2.45, 2.75) is 26.4 Å². The zero-order valence-electron chi connectivity index (χ0n) is 16.1. The number of pyridine rings is 1. The molecule has 8 nitrogen and oxygen atoms in total. The highest BCUT2D eigenvalue weighted by Gasteiger charge is 2.17. The summed E-state index contributed by atoms with van der Waals surface area (Å²) in [6, 6.07) is 9.28. The van der Waals surface area contributed by atoms with Gasteiger partial charge in [-0.15, -0.1) is 5.10 Å². The third-order valence-electron chi connectivity index (χ3n) is 4.74. The lowest BCUT2D eigenvalue weighted by Crippen LogP contribution is -2.25. The fourth-order valence-electron chi connectivity index (χ4n) is 3.12. The van der Waals surface area contributed by atoms with E-state index in [1.807, 2.05) is 26.0 Å². The fraction of sp³-hybridized carbons (Fsp3) is 0.250. The second kappa shape index (κ2) is 8.29. The van der Waals surface area contributed by atoms with Gasteiger partial charge in [-0.3, -0.25) is 0 Å². The van der Waals surface area contributed by atoms with Crippen molar-refractivity contribution in [3.8, 4) is 6.07 Å². The van der Waals surface area contributed by atoms with E-state index in [9.17, 15) is 10.1 Å². The Morgan fingerprint density at radius 1 is 1.38 bits per heavy atom. The van der Waals surface area contributed by atoms with Gasteiger partial charge in [0.1, 0.15) is 5.15 Å². The van der Waals surface area contributed by atoms with E-state index in [0.29, 0.717) is 33.0 Å². The molecule has 0 fully saturated rings. The van der Waals surface area contributed by atoms with Crippen LogP contribution in [0.25, 0.3) is 10.8 Å². The summed E-state index contributed by atoms with van der Waals surface area (Å²) in [6.45, 7) is 3.94. The number of hydrogen-bond donors (Lipinski definition) is 2. The summed E-state index contributed by atoms with van der Waals surface area (Å²) in [6.07, 6.45) is 0.500. The summed E-state index contributed by atoms with van der Waals surface area (Å²) in [4.78, 5) is 16.4. The molecule has 1 unspecified atom stereocenters. The topological polar surface area (TPSA) is 115 Å². The van der Waals surface area contributed by atoms with Gasteiger partial charge in [-0.1, -0.05) is 23.7 Å². The second-order valence-electron chi connectivity index (χ2n) is 6.68. The van der Waals surface area contributed by atoms with Crippen molar-refractivity contribution >= 4 is 34.3 Å². The molecule has 3 aromatic rings. The number of nitrogens with one attached hydrogen (secondary N) is 1. The molecule has 2 heterocycles. The molecule has 0 radical (unpaired) electrons. The average Bonchev–Trinajstić information content (AvgIpc) is 2.69. The van der Waals surface area contributed by atoms with Gasteiger partial charge in [-0.25, -0.2) is 9.78 Å². The number of nitriles is 1. The van der Waals surface area contributed by atoms with Crippen molar-refractivity contribution < 1.29 is 9.90 Å². The normalized spacial score (nSPS) is 11.7. The Morgan fingerprint density at radius 2 is 2.14 bits per heavy atom. The summed E-state index contributed by atoms with van der Waals surface area (Å²) in [5.41, 5.74) is 2.96. The number of hydrogen-bond acceptors (Lipinski definition) is 6. The number of aromatic nitrogens is 3. The van der Waals surface area contributed by atoms with Gasteiger partial charge in [0.25, 0.3) is 0 Å². The number of anilines is 1. The van der Waals surface area contributed by atoms with E-state index < -0.39 is 6.09 Å². The van der Waals surface area contributed by atoms with Gasteiger partial charge in [-0.05, 0) is 37.1 Å². The van der Waals surface area contributed by atoms with Crippen LogP contribution in [0.15, 0.2) is 30.5 Å². The molecule has 148 valence electrons. The Balaban J connectivity index is 2.01. The molecule has 29 heavy (non-hydrogen) atoms. The molecule has 1 amide bonds. The summed E-state index contributed by atoms with van der Waals surface area (Å²) in [7, 11) is 1.46. The van der Waals surface area contributed by atoms with E-state index in [-0.39, 0.29) is 12.6 Å². The van der Waals surface area contributed by atoms with E-state index in [0.717, 1.165) is 16.0 Å². The van der Waals surface area contributed by atoms with Gasteiger partial charge < -0.3 is 15.3 Å². The number of nitrogens with zero attached hydrogens (tertiary/aromatic N) is 5. The summed E-state index contributed by atoms with van der Waals surface area (Å²) >= 11 is 6.09. The van der Waals surface area contributed by atoms with Crippen molar-refractivity contribution in [2.24, 2.45) is 0 Å². The zero-order chi connectivity index (χ0) is 21.1. The van der Waals surface area contributed by atoms with Crippen molar-refractivity contribution in [3.05, 3.63) is 58.0 Å². The zero-order valence-corrected chi connectivity index (χ0v) is 16.9. The predicted molar refractivity (Wildman–Crippen MR) is 110 cm³/mol. The summed E-state index contributed by atoms with van der Waals surface area (Å²) < 4.78 is 0. The molecular weight excluding hydrogens is 392 g/mol. The molecule has 9 heteroatoms. The molecule has 1 atom stereocenters. The SMILES string of the molecule is Cc1c(C#N)cccc1C(C)Nc1nnc(CN(C)C(=O)O)c2cnc(Cl)cc12. The van der Waals surface area contributed by atoms with Crippen LogP contribution in [0, 0.1) is 18.3 Å². The molecule has 0 aliphatic rings. The lowest BCUT2D eigenvalue weighted by Gasteiger charge is -2.20. The van der Waals surface area contributed by atoms with Gasteiger partial charge in [0.05, 0.1) is 29.9 Å². The van der Waals surface area contributed by atoms with Gasteiger partial charge in [0, 0.05) is 24.0 Å². The number of benzene rings is 1. The van der Waals surface area contributed by atoms with Crippen LogP contribution in [-0.2, 0) is 6.54 Å². The maximum Gasteiger partial charge on any atom is 0.407 e. The Labute approximate surface area is 172 Å². The number of carboxylic acid groups (broad SMARTS) is 1. The minimum Gasteiger partial charge on any atom is -0.465 e. The third kappa shape index (κ3) is 4.20. The summed E-state index contributed by atoms with van der Waals surface area (Å²) in [5.74, 6) is 0.500. The molecule has 0 aliphatic heterocycles. The lowest BCUT2D eigenvalue weighted by atomic mass is 9.98. The molecule has 2 aromatic heterocycles. The summed E-state index contributed by atoms with van der Waals surface area (Å²) in [5, 5.41) is 31.8. The molecule has 0 saturated heterocycles. The third-order valence-corrected chi connectivity index (χ3v) is 4.94. The number of rotatable bonds is 5. The van der Waals surface area contributed by atoms with Gasteiger partial charge in [0.15, 0.2) is 5.82 Å². The van der Waals surface area contributed by atoms with Crippen LogP contribution >= 0.6 is 11.6 Å². The molecule has 0 bridgehead atoms. The Bertz CT molecular complexity index is 1130. The van der Waals surface area contributed by atoms with Crippen LogP contribution in [0.5, 0.6) is 0 Å². The minimum atomic E-state index is -1.06. The monoisotopic (exact) mass is 410 g/mol. The second-order valence-corrected chi connectivity index (χ2v) is 7.07. The largest absolute Gasteiger partial charge is 0.465 e. The predicted octanol–water partition coefficient (Wildman–Crippen LogP) is 4.14. The molecule has 3 rings (SSSR count). The van der Waals surface area contributed by atoms with Crippen LogP contribution in [-0.4, -0.2) is 38.3 Å². The molecule has 0 spiro atoms. The van der Waals surface area contributed by atoms with Crippen LogP contribution in [0.2, 0.25) is 5.15 Å². The smallest absolute Gasteiger partial charge is 0.407 e. The highest BCUT2D eigenvalue weighted by Crippen LogP contribution is 2.29. The van der Waals surface area contributed by atoms with Crippen LogP contribution in [0.1, 0.15) is 35.3 Å². The fourth-order valence-corrected chi connectivity index (χ4v) is 3.27. The van der Waals surface area contributed by atoms with E-state index in [1.54, 1.807) is 18.3 Å². The molecule has 0 saturated carbocycles. The van der Waals surface area contributed by atoms with Crippen molar-refractivity contribution in [1.82, 2.24) is 20.1 Å². The van der Waals surface area contributed by atoms with Gasteiger partial charge in [-0.2, -0.15) is 10.4 Å². The Kier molecular flexibility index (Phi) is 5.80. The van der Waals surface area contributed by atoms with Crippen molar-refractivity contribution in [1.29, 1.82) is 5.26 Å². The number of amides is 1. The first-order chi connectivity index (χ1) is 13.8. The lowest BCUT2D eigenvalue weighted by molar-refractivity contribution is 0.153. The number of halogens is 1. The molecular formula is C20H19ClN6O2. The Morgan fingerprint density at radius 3 is 2.83 bits per heavy atom. The maximum absolute atomic E-state index is 11.2.